The van der Waals surface area contributed by atoms with Crippen LogP contribution in [-0.4, -0.2) is 87.5 Å². The second-order valence-corrected chi connectivity index (χ2v) is 23.6. The molecule has 1 aliphatic heterocycles. The fraction of sp³-hybridized carbons (Fsp3) is 0.985. The first kappa shape index (κ1) is 71.2. The molecule has 7 unspecified atom stereocenters. The minimum absolute atomic E-state index is 0.130. The first-order valence-electron chi connectivity index (χ1n) is 33.2. The minimum atomic E-state index is -1.55. The van der Waals surface area contributed by atoms with Crippen molar-refractivity contribution in [1.82, 2.24) is 5.32 Å². The highest BCUT2D eigenvalue weighted by Crippen LogP contribution is 2.24. The topological polar surface area (TPSA) is 149 Å². The van der Waals surface area contributed by atoms with Gasteiger partial charge in [0.2, 0.25) is 5.91 Å². The van der Waals surface area contributed by atoms with Gasteiger partial charge in [0, 0.05) is 6.42 Å². The van der Waals surface area contributed by atoms with Gasteiger partial charge in [-0.25, -0.2) is 0 Å². The summed E-state index contributed by atoms with van der Waals surface area (Å²) in [5.41, 5.74) is 0. The van der Waals surface area contributed by atoms with Crippen LogP contribution in [0.2, 0.25) is 0 Å². The SMILES string of the molecule is CCCCCCCCCCCCCCCCCCCCCCCCCCCCCCC(=O)NC(COC1OC(CO)C(O)C(O)C1O)C(O)CCCCCCCCCCCCCCCCCCCCCCCCC. The molecule has 0 radical (unpaired) electrons. The lowest BCUT2D eigenvalue weighted by Gasteiger charge is -2.40. The standard InChI is InChI=1S/C65H129NO8/c1-3-5-7-9-11-13-15-17-19-21-23-25-27-28-29-30-31-33-35-37-39-41-43-45-47-49-51-53-55-61(69)66-58(57-73-65-64(72)63(71)62(70)60(56-67)74-65)59(68)54-52-50-48-46-44-42-40-38-36-34-32-26-24-22-20-18-16-14-12-10-8-6-4-2/h58-60,62-65,67-68,70-72H,3-57H2,1-2H3,(H,66,69). The molecule has 1 heterocycles. The van der Waals surface area contributed by atoms with Crippen molar-refractivity contribution in [3.05, 3.63) is 0 Å². The van der Waals surface area contributed by atoms with E-state index < -0.39 is 49.5 Å². The smallest absolute Gasteiger partial charge is 0.220 e. The number of amides is 1. The van der Waals surface area contributed by atoms with E-state index in [1.165, 1.54) is 289 Å². The Morgan fingerprint density at radius 3 is 0.959 bits per heavy atom. The monoisotopic (exact) mass is 1050 g/mol. The number of carbonyl (C=O) groups excluding carboxylic acids is 1. The van der Waals surface area contributed by atoms with E-state index in [2.05, 4.69) is 19.2 Å². The molecule has 0 aromatic carbocycles. The van der Waals surface area contributed by atoms with Gasteiger partial charge in [0.25, 0.3) is 0 Å². The van der Waals surface area contributed by atoms with Crippen molar-refractivity contribution in [1.29, 1.82) is 0 Å². The molecule has 1 aliphatic rings. The summed E-state index contributed by atoms with van der Waals surface area (Å²) >= 11 is 0. The Bertz CT molecular complexity index is 1130. The quantitative estimate of drug-likeness (QED) is 0.0330. The molecule has 442 valence electrons. The zero-order valence-electron chi connectivity index (χ0n) is 49.4. The van der Waals surface area contributed by atoms with Gasteiger partial charge in [-0.05, 0) is 12.8 Å². The fourth-order valence-electron chi connectivity index (χ4n) is 11.2. The first-order chi connectivity index (χ1) is 36.3. The van der Waals surface area contributed by atoms with E-state index in [9.17, 15) is 30.3 Å². The summed E-state index contributed by atoms with van der Waals surface area (Å²) in [4.78, 5) is 13.1. The number of hydrogen-bond donors (Lipinski definition) is 6. The number of carbonyl (C=O) groups is 1. The Kier molecular flexibility index (Phi) is 53.4. The lowest BCUT2D eigenvalue weighted by molar-refractivity contribution is -0.302. The molecule has 1 amide bonds. The predicted octanol–water partition coefficient (Wildman–Crippen LogP) is 17.4. The van der Waals surface area contributed by atoms with Gasteiger partial charge in [-0.1, -0.05) is 335 Å². The summed E-state index contributed by atoms with van der Waals surface area (Å²) in [6.07, 6.45) is 61.6. The number of unbranched alkanes of at least 4 members (excludes halogenated alkanes) is 49. The number of aliphatic hydroxyl groups excluding tert-OH is 5. The van der Waals surface area contributed by atoms with Crippen molar-refractivity contribution < 1.29 is 39.8 Å². The molecule has 1 rings (SSSR count). The van der Waals surface area contributed by atoms with Crippen LogP contribution in [0, 0.1) is 0 Å². The van der Waals surface area contributed by atoms with Crippen molar-refractivity contribution in [3.63, 3.8) is 0 Å². The first-order valence-corrected chi connectivity index (χ1v) is 33.2. The van der Waals surface area contributed by atoms with Gasteiger partial charge in [-0.15, -0.1) is 0 Å². The third kappa shape index (κ3) is 44.1. The van der Waals surface area contributed by atoms with Gasteiger partial charge in [-0.3, -0.25) is 4.79 Å². The molecule has 0 aromatic heterocycles. The summed E-state index contributed by atoms with van der Waals surface area (Å²) in [5.74, 6) is -0.134. The van der Waals surface area contributed by atoms with Crippen molar-refractivity contribution in [2.45, 2.75) is 397 Å². The highest BCUT2D eigenvalue weighted by molar-refractivity contribution is 5.76. The van der Waals surface area contributed by atoms with Crippen molar-refractivity contribution in [2.24, 2.45) is 0 Å². The Morgan fingerprint density at radius 2 is 0.676 bits per heavy atom. The van der Waals surface area contributed by atoms with Crippen molar-refractivity contribution >= 4 is 5.91 Å². The van der Waals surface area contributed by atoms with Gasteiger partial charge in [0.15, 0.2) is 6.29 Å². The third-order valence-corrected chi connectivity index (χ3v) is 16.5. The second-order valence-electron chi connectivity index (χ2n) is 23.6. The maximum atomic E-state index is 13.1. The van der Waals surface area contributed by atoms with E-state index in [1.807, 2.05) is 0 Å². The molecule has 1 saturated heterocycles. The molecule has 0 aliphatic carbocycles. The van der Waals surface area contributed by atoms with Gasteiger partial charge >= 0.3 is 0 Å². The summed E-state index contributed by atoms with van der Waals surface area (Å²) in [6.45, 7) is 3.90. The molecule has 1 fully saturated rings. The van der Waals surface area contributed by atoms with E-state index in [0.29, 0.717) is 12.8 Å². The van der Waals surface area contributed by atoms with Crippen LogP contribution in [0.1, 0.15) is 354 Å². The van der Waals surface area contributed by atoms with Gasteiger partial charge in [-0.2, -0.15) is 0 Å². The lowest BCUT2D eigenvalue weighted by atomic mass is 9.99. The number of aliphatic hydroxyl groups is 5. The molecule has 0 bridgehead atoms. The molecule has 0 spiro atoms. The van der Waals surface area contributed by atoms with Crippen LogP contribution in [0.3, 0.4) is 0 Å². The molecule has 6 N–H and O–H groups in total. The molecule has 9 heteroatoms. The maximum absolute atomic E-state index is 13.1. The largest absolute Gasteiger partial charge is 0.394 e. The minimum Gasteiger partial charge on any atom is -0.394 e. The van der Waals surface area contributed by atoms with Gasteiger partial charge < -0.3 is 40.3 Å². The summed E-state index contributed by atoms with van der Waals surface area (Å²) in [7, 11) is 0. The van der Waals surface area contributed by atoms with E-state index in [-0.39, 0.29) is 12.5 Å². The summed E-state index contributed by atoms with van der Waals surface area (Å²) in [6, 6.07) is -0.714. The van der Waals surface area contributed by atoms with E-state index in [4.69, 9.17) is 9.47 Å². The van der Waals surface area contributed by atoms with Crippen LogP contribution in [0.25, 0.3) is 0 Å². The fourth-order valence-corrected chi connectivity index (χ4v) is 11.2. The van der Waals surface area contributed by atoms with Crippen molar-refractivity contribution in [2.75, 3.05) is 13.2 Å². The van der Waals surface area contributed by atoms with Crippen LogP contribution < -0.4 is 5.32 Å². The molecule has 0 saturated carbocycles. The number of rotatable bonds is 59. The van der Waals surface area contributed by atoms with E-state index >= 15 is 0 Å². The van der Waals surface area contributed by atoms with Crippen LogP contribution in [-0.2, 0) is 14.3 Å². The van der Waals surface area contributed by atoms with Crippen LogP contribution in [0.15, 0.2) is 0 Å². The third-order valence-electron chi connectivity index (χ3n) is 16.5. The zero-order valence-corrected chi connectivity index (χ0v) is 49.4. The highest BCUT2D eigenvalue weighted by Gasteiger charge is 2.44. The van der Waals surface area contributed by atoms with Gasteiger partial charge in [0.1, 0.15) is 24.4 Å². The van der Waals surface area contributed by atoms with E-state index in [1.54, 1.807) is 0 Å². The van der Waals surface area contributed by atoms with Gasteiger partial charge in [0.05, 0.1) is 25.4 Å². The number of ether oxygens (including phenoxy) is 2. The Labute approximate surface area is 459 Å². The molecule has 7 atom stereocenters. The summed E-state index contributed by atoms with van der Waals surface area (Å²) in [5, 5.41) is 54.9. The normalized spacial score (nSPS) is 18.8. The molecule has 9 nitrogen and oxygen atoms in total. The summed E-state index contributed by atoms with van der Waals surface area (Å²) < 4.78 is 11.4. The Balaban J connectivity index is 2.12. The molecule has 0 aromatic rings. The average molecular weight is 1050 g/mol. The van der Waals surface area contributed by atoms with Crippen molar-refractivity contribution in [3.8, 4) is 0 Å². The van der Waals surface area contributed by atoms with Crippen LogP contribution in [0.4, 0.5) is 0 Å². The molecular weight excluding hydrogens is 923 g/mol. The van der Waals surface area contributed by atoms with E-state index in [0.717, 1.165) is 38.5 Å². The number of nitrogens with one attached hydrogen (secondary N) is 1. The number of hydrogen-bond acceptors (Lipinski definition) is 8. The Morgan fingerprint density at radius 1 is 0.405 bits per heavy atom. The predicted molar refractivity (Wildman–Crippen MR) is 314 cm³/mol. The lowest BCUT2D eigenvalue weighted by Crippen LogP contribution is -2.60. The molecular formula is C65H129NO8. The van der Waals surface area contributed by atoms with Crippen LogP contribution >= 0.6 is 0 Å². The Hall–Kier alpha value is -0.810. The highest BCUT2D eigenvalue weighted by atomic mass is 16.7. The average Bonchev–Trinajstić information content (AvgIpc) is 3.40. The van der Waals surface area contributed by atoms with Crippen LogP contribution in [0.5, 0.6) is 0 Å². The molecule has 74 heavy (non-hydrogen) atoms. The second kappa shape index (κ2) is 55.5. The zero-order chi connectivity index (χ0) is 53.6. The maximum Gasteiger partial charge on any atom is 0.220 e.